The van der Waals surface area contributed by atoms with Gasteiger partial charge in [0.15, 0.2) is 0 Å². The van der Waals surface area contributed by atoms with E-state index in [0.29, 0.717) is 5.92 Å². The Balaban J connectivity index is 1.14. The fourth-order valence-corrected chi connectivity index (χ4v) is 5.31. The highest BCUT2D eigenvalue weighted by molar-refractivity contribution is 6.62. The molecule has 2 amide bonds. The van der Waals surface area contributed by atoms with Crippen LogP contribution in [0.3, 0.4) is 0 Å². The van der Waals surface area contributed by atoms with Gasteiger partial charge in [0.1, 0.15) is 0 Å². The summed E-state index contributed by atoms with van der Waals surface area (Å²) in [5.41, 5.74) is 2.65. The number of carbonyl (C=O) groups excluding carboxylic acids is 1. The van der Waals surface area contributed by atoms with Crippen LogP contribution in [-0.2, 0) is 9.31 Å². The fraction of sp³-hybridized carbons (Fsp3) is 0.536. The predicted octanol–water partition coefficient (Wildman–Crippen LogP) is 4.53. The number of nitrogens with zero attached hydrogens (tertiary/aromatic N) is 3. The highest BCUT2D eigenvalue weighted by Gasteiger charge is 2.51. The Hall–Kier alpha value is -2.51. The molecular formula is C28H38BN3O3. The van der Waals surface area contributed by atoms with Crippen LogP contribution in [0, 0.1) is 5.92 Å². The minimum atomic E-state index is -0.327. The van der Waals surface area contributed by atoms with E-state index in [4.69, 9.17) is 9.31 Å². The second-order valence-electron chi connectivity index (χ2n) is 11.2. The molecule has 186 valence electrons. The van der Waals surface area contributed by atoms with Crippen molar-refractivity contribution >= 4 is 30.0 Å². The molecular weight excluding hydrogens is 437 g/mol. The van der Waals surface area contributed by atoms with Gasteiger partial charge in [0.25, 0.3) is 0 Å². The van der Waals surface area contributed by atoms with Crippen molar-refractivity contribution in [3.8, 4) is 0 Å². The van der Waals surface area contributed by atoms with E-state index >= 15 is 0 Å². The van der Waals surface area contributed by atoms with Gasteiger partial charge in [0, 0.05) is 44.1 Å². The van der Waals surface area contributed by atoms with Crippen molar-refractivity contribution in [2.45, 2.75) is 58.2 Å². The molecule has 0 unspecified atom stereocenters. The number of piperidine rings is 1. The lowest BCUT2D eigenvalue weighted by atomic mass is 9.79. The molecule has 3 aliphatic rings. The molecule has 2 aromatic carbocycles. The average molecular weight is 475 g/mol. The van der Waals surface area contributed by atoms with Crippen LogP contribution in [-0.4, -0.2) is 62.0 Å². The van der Waals surface area contributed by atoms with Gasteiger partial charge in [-0.2, -0.15) is 0 Å². The molecule has 0 spiro atoms. The van der Waals surface area contributed by atoms with E-state index in [2.05, 4.69) is 61.8 Å². The van der Waals surface area contributed by atoms with Crippen molar-refractivity contribution in [2.75, 3.05) is 42.5 Å². The molecule has 3 fully saturated rings. The number of urea groups is 1. The number of anilines is 2. The minimum absolute atomic E-state index is 0.156. The van der Waals surface area contributed by atoms with E-state index in [9.17, 15) is 4.79 Å². The first kappa shape index (κ1) is 24.2. The summed E-state index contributed by atoms with van der Waals surface area (Å²) in [6, 6.07) is 18.8. The highest BCUT2D eigenvalue weighted by atomic mass is 16.7. The third-order valence-electron chi connectivity index (χ3n) is 8.26. The molecule has 0 bridgehead atoms. The van der Waals surface area contributed by atoms with Gasteiger partial charge in [0.05, 0.1) is 11.2 Å². The standard InChI is InChI=1S/C28H38BN3O3/c1-27(2)28(3,4)35-29(34-27)23-11-13-24(14-12-23)30-19-15-22(16-20-30)21-31-17-8-18-32(26(31)33)25-9-6-5-7-10-25/h5-7,9-14,22H,8,15-21H2,1-4H3. The van der Waals surface area contributed by atoms with E-state index in [0.717, 1.165) is 63.1 Å². The molecule has 3 aliphatic heterocycles. The van der Waals surface area contributed by atoms with Gasteiger partial charge in [-0.15, -0.1) is 0 Å². The van der Waals surface area contributed by atoms with Crippen LogP contribution in [0.4, 0.5) is 16.2 Å². The van der Waals surface area contributed by atoms with Crippen LogP contribution in [0.2, 0.25) is 0 Å². The lowest BCUT2D eigenvalue weighted by molar-refractivity contribution is 0.00578. The topological polar surface area (TPSA) is 45.2 Å². The Labute approximate surface area is 210 Å². The maximum absolute atomic E-state index is 13.1. The van der Waals surface area contributed by atoms with Gasteiger partial charge >= 0.3 is 13.1 Å². The highest BCUT2D eigenvalue weighted by Crippen LogP contribution is 2.36. The quantitative estimate of drug-likeness (QED) is 0.596. The van der Waals surface area contributed by atoms with Gasteiger partial charge in [-0.1, -0.05) is 30.3 Å². The first-order valence-corrected chi connectivity index (χ1v) is 13.1. The van der Waals surface area contributed by atoms with Crippen molar-refractivity contribution in [1.82, 2.24) is 4.90 Å². The normalized spacial score (nSPS) is 22.7. The molecule has 0 saturated carbocycles. The fourth-order valence-electron chi connectivity index (χ4n) is 5.31. The van der Waals surface area contributed by atoms with Crippen molar-refractivity contribution in [2.24, 2.45) is 5.92 Å². The van der Waals surface area contributed by atoms with E-state index in [1.807, 2.05) is 35.2 Å². The maximum Gasteiger partial charge on any atom is 0.494 e. The summed E-state index contributed by atoms with van der Waals surface area (Å²) in [6.07, 6.45) is 3.23. The molecule has 0 aromatic heterocycles. The van der Waals surface area contributed by atoms with E-state index in [1.54, 1.807) is 0 Å². The monoisotopic (exact) mass is 475 g/mol. The summed E-state index contributed by atoms with van der Waals surface area (Å²) in [7, 11) is -0.322. The smallest absolute Gasteiger partial charge is 0.399 e. The number of hydrogen-bond donors (Lipinski definition) is 0. The van der Waals surface area contributed by atoms with Crippen LogP contribution < -0.4 is 15.3 Å². The SMILES string of the molecule is CC1(C)OB(c2ccc(N3CCC(CN4CCCN(c5ccccc5)C4=O)CC3)cc2)OC1(C)C. The number of benzene rings is 2. The Morgan fingerprint density at radius 2 is 1.46 bits per heavy atom. The lowest BCUT2D eigenvalue weighted by Crippen LogP contribution is -2.51. The van der Waals surface area contributed by atoms with E-state index < -0.39 is 0 Å². The summed E-state index contributed by atoms with van der Waals surface area (Å²) < 4.78 is 12.4. The van der Waals surface area contributed by atoms with E-state index in [1.165, 1.54) is 5.69 Å². The zero-order valence-electron chi connectivity index (χ0n) is 21.6. The second-order valence-corrected chi connectivity index (χ2v) is 11.2. The molecule has 0 radical (unpaired) electrons. The summed E-state index contributed by atoms with van der Waals surface area (Å²) in [6.45, 7) is 12.9. The molecule has 35 heavy (non-hydrogen) atoms. The van der Waals surface area contributed by atoms with Crippen LogP contribution in [0.25, 0.3) is 0 Å². The van der Waals surface area contributed by atoms with Crippen LogP contribution in [0.1, 0.15) is 47.0 Å². The molecule has 7 heteroatoms. The molecule has 3 saturated heterocycles. The first-order chi connectivity index (χ1) is 16.7. The Morgan fingerprint density at radius 1 is 0.829 bits per heavy atom. The van der Waals surface area contributed by atoms with Gasteiger partial charge in [-0.25, -0.2) is 4.79 Å². The average Bonchev–Trinajstić information content (AvgIpc) is 3.08. The minimum Gasteiger partial charge on any atom is -0.399 e. The van der Waals surface area contributed by atoms with Crippen molar-refractivity contribution < 1.29 is 14.1 Å². The Kier molecular flexibility index (Phi) is 6.58. The molecule has 0 atom stereocenters. The summed E-state index contributed by atoms with van der Waals surface area (Å²) in [5, 5.41) is 0. The predicted molar refractivity (Wildman–Crippen MR) is 142 cm³/mol. The molecule has 5 rings (SSSR count). The molecule has 6 nitrogen and oxygen atoms in total. The van der Waals surface area contributed by atoms with Crippen LogP contribution >= 0.6 is 0 Å². The molecule has 0 N–H and O–H groups in total. The Bertz CT molecular complexity index is 1000. The number of amides is 2. The van der Waals surface area contributed by atoms with Crippen molar-refractivity contribution in [1.29, 1.82) is 0 Å². The van der Waals surface area contributed by atoms with Crippen molar-refractivity contribution in [3.63, 3.8) is 0 Å². The zero-order chi connectivity index (χ0) is 24.6. The third kappa shape index (κ3) is 4.94. The zero-order valence-corrected chi connectivity index (χ0v) is 21.6. The third-order valence-corrected chi connectivity index (χ3v) is 8.26. The Morgan fingerprint density at radius 3 is 2.09 bits per heavy atom. The largest absolute Gasteiger partial charge is 0.494 e. The number of rotatable bonds is 5. The summed E-state index contributed by atoms with van der Waals surface area (Å²) >= 11 is 0. The molecule has 3 heterocycles. The maximum atomic E-state index is 13.1. The molecule has 0 aliphatic carbocycles. The first-order valence-electron chi connectivity index (χ1n) is 13.1. The van der Waals surface area contributed by atoms with Gasteiger partial charge < -0.3 is 19.1 Å². The summed E-state index contributed by atoms with van der Waals surface area (Å²) in [4.78, 5) is 19.6. The molecule has 2 aromatic rings. The summed E-state index contributed by atoms with van der Waals surface area (Å²) in [5.74, 6) is 0.551. The van der Waals surface area contributed by atoms with Gasteiger partial charge in [-0.3, -0.25) is 4.90 Å². The van der Waals surface area contributed by atoms with Gasteiger partial charge in [0.2, 0.25) is 0 Å². The lowest BCUT2D eigenvalue weighted by Gasteiger charge is -2.40. The van der Waals surface area contributed by atoms with E-state index in [-0.39, 0.29) is 24.4 Å². The van der Waals surface area contributed by atoms with Crippen LogP contribution in [0.15, 0.2) is 54.6 Å². The second kappa shape index (κ2) is 9.51. The van der Waals surface area contributed by atoms with Crippen molar-refractivity contribution in [3.05, 3.63) is 54.6 Å². The number of carbonyl (C=O) groups is 1. The number of para-hydroxylation sites is 1. The van der Waals surface area contributed by atoms with Crippen LogP contribution in [0.5, 0.6) is 0 Å². The number of hydrogen-bond acceptors (Lipinski definition) is 4. The van der Waals surface area contributed by atoms with Gasteiger partial charge in [-0.05, 0) is 82.6 Å².